The fraction of sp³-hybridized carbons (Fsp3) is 0.435. The second kappa shape index (κ2) is 11.8. The van der Waals surface area contributed by atoms with Crippen LogP contribution in [0.2, 0.25) is 5.02 Å². The SMILES string of the molecule is CC(C)NS(=O)(=O)NC[C@H]1CN(S(=O)(=O)c2ccc(F)c(Cl)c2)c2cc(NC(=O)OC(C)(C)C(F)(F)F)ccc2O1. The molecule has 0 aromatic heterocycles. The number of hydrogen-bond acceptors (Lipinski definition) is 7. The Hall–Kier alpha value is -2.86. The lowest BCUT2D eigenvalue weighted by Crippen LogP contribution is -2.50. The molecule has 0 bridgehead atoms. The highest BCUT2D eigenvalue weighted by Gasteiger charge is 2.51. The monoisotopic (exact) mass is 646 g/mol. The number of carbonyl (C=O) groups excluding carboxylic acids is 1. The molecule has 0 saturated carbocycles. The Morgan fingerprint density at radius 2 is 1.80 bits per heavy atom. The number of sulfonamides is 1. The molecule has 0 saturated heterocycles. The lowest BCUT2D eigenvalue weighted by molar-refractivity contribution is -0.242. The maximum absolute atomic E-state index is 13.7. The van der Waals surface area contributed by atoms with Crippen LogP contribution in [0.4, 0.5) is 33.7 Å². The predicted octanol–water partition coefficient (Wildman–Crippen LogP) is 4.16. The molecule has 0 radical (unpaired) electrons. The van der Waals surface area contributed by atoms with Crippen molar-refractivity contribution in [3.05, 3.63) is 47.2 Å². The van der Waals surface area contributed by atoms with Crippen molar-refractivity contribution in [3.63, 3.8) is 0 Å². The molecule has 11 nitrogen and oxygen atoms in total. The minimum atomic E-state index is -4.86. The summed E-state index contributed by atoms with van der Waals surface area (Å²) in [4.78, 5) is 11.8. The van der Waals surface area contributed by atoms with E-state index in [1.54, 1.807) is 13.8 Å². The summed E-state index contributed by atoms with van der Waals surface area (Å²) in [5.74, 6) is -0.937. The number of amides is 1. The van der Waals surface area contributed by atoms with E-state index in [9.17, 15) is 39.2 Å². The van der Waals surface area contributed by atoms with Gasteiger partial charge in [-0.2, -0.15) is 31.0 Å². The van der Waals surface area contributed by atoms with Gasteiger partial charge < -0.3 is 9.47 Å². The van der Waals surface area contributed by atoms with Crippen molar-refractivity contribution >= 4 is 49.3 Å². The fourth-order valence-corrected chi connectivity index (χ4v) is 6.36. The topological polar surface area (TPSA) is 143 Å². The first-order chi connectivity index (χ1) is 18.7. The Bertz CT molecular complexity index is 1520. The molecule has 1 aliphatic rings. The van der Waals surface area contributed by atoms with Crippen molar-refractivity contribution in [1.29, 1.82) is 0 Å². The summed E-state index contributed by atoms with van der Waals surface area (Å²) in [5.41, 5.74) is -3.12. The number of anilines is 2. The third-order valence-electron chi connectivity index (χ3n) is 5.54. The van der Waals surface area contributed by atoms with Gasteiger partial charge in [0.05, 0.1) is 28.7 Å². The Labute approximate surface area is 239 Å². The number of ether oxygens (including phenoxy) is 2. The minimum Gasteiger partial charge on any atom is -0.485 e. The molecule has 1 aliphatic heterocycles. The molecule has 1 heterocycles. The fourth-order valence-electron chi connectivity index (χ4n) is 3.48. The van der Waals surface area contributed by atoms with E-state index in [-0.39, 0.29) is 23.7 Å². The van der Waals surface area contributed by atoms with Gasteiger partial charge in [0.25, 0.3) is 20.2 Å². The number of hydrogen-bond donors (Lipinski definition) is 3. The average molecular weight is 647 g/mol. The highest BCUT2D eigenvalue weighted by molar-refractivity contribution is 7.92. The summed E-state index contributed by atoms with van der Waals surface area (Å²) >= 11 is 5.79. The predicted molar refractivity (Wildman–Crippen MR) is 142 cm³/mol. The van der Waals surface area contributed by atoms with Crippen LogP contribution in [0.3, 0.4) is 0 Å². The molecule has 3 rings (SSSR count). The quantitative estimate of drug-likeness (QED) is 0.347. The molecule has 228 valence electrons. The first-order valence-electron chi connectivity index (χ1n) is 11.8. The molecule has 0 spiro atoms. The molecule has 18 heteroatoms. The highest BCUT2D eigenvalue weighted by Crippen LogP contribution is 2.40. The largest absolute Gasteiger partial charge is 0.485 e. The molecule has 2 aromatic carbocycles. The zero-order valence-corrected chi connectivity index (χ0v) is 24.4. The van der Waals surface area contributed by atoms with Crippen molar-refractivity contribution < 1.29 is 48.7 Å². The van der Waals surface area contributed by atoms with Gasteiger partial charge in [-0.3, -0.25) is 9.62 Å². The van der Waals surface area contributed by atoms with Crippen LogP contribution in [0.5, 0.6) is 5.75 Å². The maximum Gasteiger partial charge on any atom is 0.427 e. The van der Waals surface area contributed by atoms with Crippen LogP contribution >= 0.6 is 11.6 Å². The molecule has 3 N–H and O–H groups in total. The van der Waals surface area contributed by atoms with Gasteiger partial charge in [-0.1, -0.05) is 11.6 Å². The second-order valence-corrected chi connectivity index (χ2v) is 13.5. The van der Waals surface area contributed by atoms with Crippen molar-refractivity contribution in [3.8, 4) is 5.75 Å². The second-order valence-electron chi connectivity index (χ2n) is 9.68. The molecule has 1 atom stereocenters. The Morgan fingerprint density at radius 3 is 2.39 bits per heavy atom. The summed E-state index contributed by atoms with van der Waals surface area (Å²) in [6.07, 6.45) is -7.39. The smallest absolute Gasteiger partial charge is 0.427 e. The summed E-state index contributed by atoms with van der Waals surface area (Å²) in [7, 11) is -8.46. The normalized spacial score (nSPS) is 16.2. The standard InChI is InChI=1S/C23H27ClF4N4O7S2/c1-13(2)31-41(36,37)29-11-15-12-32(40(34,35)16-6-7-18(25)17(24)10-16)19-9-14(5-8-20(19)38-15)30-21(33)39-22(3,4)23(26,27)28/h5-10,13,15,29,31H,11-12H2,1-4H3,(H,30,33)/t15-/m0/s1. The van der Waals surface area contributed by atoms with Crippen LogP contribution in [0.15, 0.2) is 41.3 Å². The van der Waals surface area contributed by atoms with E-state index >= 15 is 0 Å². The van der Waals surface area contributed by atoms with Gasteiger partial charge in [0.1, 0.15) is 17.7 Å². The van der Waals surface area contributed by atoms with E-state index in [4.69, 9.17) is 16.3 Å². The van der Waals surface area contributed by atoms with Crippen molar-refractivity contribution in [2.75, 3.05) is 22.7 Å². The van der Waals surface area contributed by atoms with E-state index in [1.807, 2.05) is 0 Å². The zero-order valence-electron chi connectivity index (χ0n) is 22.0. The van der Waals surface area contributed by atoms with Gasteiger partial charge in [-0.05, 0) is 64.1 Å². The molecule has 41 heavy (non-hydrogen) atoms. The number of benzene rings is 2. The zero-order chi connectivity index (χ0) is 31.0. The molecule has 0 aliphatic carbocycles. The van der Waals surface area contributed by atoms with Gasteiger partial charge >= 0.3 is 12.3 Å². The van der Waals surface area contributed by atoms with Crippen molar-refractivity contribution in [2.24, 2.45) is 0 Å². The number of nitrogens with one attached hydrogen (secondary N) is 3. The van der Waals surface area contributed by atoms with Gasteiger partial charge in [-0.25, -0.2) is 17.6 Å². The van der Waals surface area contributed by atoms with E-state index in [1.165, 1.54) is 12.1 Å². The van der Waals surface area contributed by atoms with Gasteiger partial charge in [-0.15, -0.1) is 0 Å². The van der Waals surface area contributed by atoms with Crippen LogP contribution in [0.25, 0.3) is 0 Å². The highest BCUT2D eigenvalue weighted by atomic mass is 35.5. The third-order valence-corrected chi connectivity index (χ3v) is 8.93. The minimum absolute atomic E-state index is 0.0661. The van der Waals surface area contributed by atoms with Crippen LogP contribution in [-0.2, 0) is 25.0 Å². The van der Waals surface area contributed by atoms with Gasteiger partial charge in [0.2, 0.25) is 5.60 Å². The number of carbonyl (C=O) groups is 1. The van der Waals surface area contributed by atoms with Crippen LogP contribution < -0.4 is 23.8 Å². The van der Waals surface area contributed by atoms with Crippen molar-refractivity contribution in [2.45, 2.75) is 56.5 Å². The Morgan fingerprint density at radius 1 is 1.15 bits per heavy atom. The summed E-state index contributed by atoms with van der Waals surface area (Å²) in [5, 5.41) is 1.64. The number of nitrogens with zero attached hydrogens (tertiary/aromatic N) is 1. The summed E-state index contributed by atoms with van der Waals surface area (Å²) in [6.45, 7) is 3.68. The Balaban J connectivity index is 1.97. The summed E-state index contributed by atoms with van der Waals surface area (Å²) in [6, 6.07) is 5.82. The average Bonchev–Trinajstić information content (AvgIpc) is 2.82. The molecule has 2 aromatic rings. The molecular weight excluding hydrogens is 620 g/mol. The van der Waals surface area contributed by atoms with E-state index in [0.29, 0.717) is 13.8 Å². The first kappa shape index (κ1) is 32.7. The number of fused-ring (bicyclic) bond motifs is 1. The first-order valence-corrected chi connectivity index (χ1v) is 15.1. The van der Waals surface area contributed by atoms with Gasteiger partial charge in [0.15, 0.2) is 0 Å². The van der Waals surface area contributed by atoms with E-state index in [0.717, 1.165) is 28.6 Å². The maximum atomic E-state index is 13.7. The van der Waals surface area contributed by atoms with Crippen molar-refractivity contribution in [1.82, 2.24) is 9.44 Å². The van der Waals surface area contributed by atoms with E-state index < -0.39 is 72.5 Å². The van der Waals surface area contributed by atoms with Crippen LogP contribution in [0, 0.1) is 5.82 Å². The molecule has 0 unspecified atom stereocenters. The molecule has 0 fully saturated rings. The third kappa shape index (κ3) is 7.91. The number of rotatable bonds is 9. The molecule has 1 amide bonds. The Kier molecular flexibility index (Phi) is 9.39. The van der Waals surface area contributed by atoms with Crippen LogP contribution in [-0.4, -0.2) is 59.9 Å². The number of alkyl halides is 3. The molecular formula is C23H27ClF4N4O7S2. The lowest BCUT2D eigenvalue weighted by Gasteiger charge is -2.36. The van der Waals surface area contributed by atoms with Gasteiger partial charge in [0, 0.05) is 11.7 Å². The van der Waals surface area contributed by atoms with Crippen LogP contribution in [0.1, 0.15) is 27.7 Å². The lowest BCUT2D eigenvalue weighted by atomic mass is 10.1. The van der Waals surface area contributed by atoms with E-state index in [2.05, 4.69) is 19.5 Å². The number of halogens is 5. The summed E-state index contributed by atoms with van der Waals surface area (Å²) < 4.78 is 120.